The van der Waals surface area contributed by atoms with Crippen molar-refractivity contribution in [2.75, 3.05) is 40.3 Å². The number of hydrogen-bond acceptors (Lipinski definition) is 7. The number of halogens is 2. The third-order valence-electron chi connectivity index (χ3n) is 4.17. The number of likely N-dealkylation sites (N-methyl/N-ethyl adjacent to an activating group) is 1. The van der Waals surface area contributed by atoms with Crippen molar-refractivity contribution in [3.63, 3.8) is 0 Å². The van der Waals surface area contributed by atoms with E-state index in [1.807, 2.05) is 19.0 Å². The molecule has 0 unspecified atom stereocenters. The lowest BCUT2D eigenvalue weighted by atomic mass is 10.2. The summed E-state index contributed by atoms with van der Waals surface area (Å²) in [5.74, 6) is -1.27. The van der Waals surface area contributed by atoms with Gasteiger partial charge in [0.25, 0.3) is 0 Å². The van der Waals surface area contributed by atoms with Gasteiger partial charge in [0.1, 0.15) is 12.4 Å². The van der Waals surface area contributed by atoms with E-state index in [1.54, 1.807) is 32.0 Å². The van der Waals surface area contributed by atoms with Gasteiger partial charge < -0.3 is 19.2 Å². The molecule has 31 heavy (non-hydrogen) atoms. The van der Waals surface area contributed by atoms with Gasteiger partial charge in [0.2, 0.25) is 0 Å². The third kappa shape index (κ3) is 7.61. The topological polar surface area (TPSA) is 88.6 Å². The summed E-state index contributed by atoms with van der Waals surface area (Å²) >= 11 is 11.9. The fourth-order valence-electron chi connectivity index (χ4n) is 2.68. The average Bonchev–Trinajstić information content (AvgIpc) is 2.63. The standard InChI is InChI=1S/C20H25Cl2N3O6/c1-20(2)24(8-7-23(3)4)19(28)25(31-18(27)6-5-17(26)30-20)9-10-29-16-12-14(21)11-15(22)13-16/h5-6,11-13H,7-10H2,1-4H3/b6-5-. The SMILES string of the molecule is CN(C)CCN1C(=O)N(CCOc2cc(Cl)cc(Cl)c2)OC(=O)/C=C\C(=O)OC1(C)C. The molecule has 0 aromatic heterocycles. The minimum absolute atomic E-state index is 0.0128. The van der Waals surface area contributed by atoms with Crippen molar-refractivity contribution in [3.8, 4) is 5.75 Å². The van der Waals surface area contributed by atoms with E-state index in [0.29, 0.717) is 22.3 Å². The van der Waals surface area contributed by atoms with E-state index in [-0.39, 0.29) is 19.7 Å². The molecule has 0 saturated heterocycles. The van der Waals surface area contributed by atoms with Gasteiger partial charge in [-0.15, -0.1) is 5.06 Å². The van der Waals surface area contributed by atoms with Crippen LogP contribution in [-0.4, -0.2) is 78.9 Å². The quantitative estimate of drug-likeness (QED) is 0.562. The number of benzene rings is 1. The van der Waals surface area contributed by atoms with Crippen LogP contribution in [0.15, 0.2) is 30.4 Å². The number of carbonyl (C=O) groups excluding carboxylic acids is 3. The number of amides is 2. The summed E-state index contributed by atoms with van der Waals surface area (Å²) < 4.78 is 11.0. The predicted octanol–water partition coefficient (Wildman–Crippen LogP) is 2.97. The summed E-state index contributed by atoms with van der Waals surface area (Å²) in [5.41, 5.74) is -1.29. The highest BCUT2D eigenvalue weighted by Crippen LogP contribution is 2.24. The van der Waals surface area contributed by atoms with Gasteiger partial charge in [-0.3, -0.25) is 4.90 Å². The maximum atomic E-state index is 13.2. The maximum Gasteiger partial charge on any atom is 0.356 e. The molecule has 9 nitrogen and oxygen atoms in total. The van der Waals surface area contributed by atoms with Crippen LogP contribution < -0.4 is 4.74 Å². The molecule has 0 saturated carbocycles. The Morgan fingerprint density at radius 2 is 1.61 bits per heavy atom. The van der Waals surface area contributed by atoms with Gasteiger partial charge in [-0.2, -0.15) is 0 Å². The number of carbonyl (C=O) groups is 3. The number of esters is 1. The second-order valence-corrected chi connectivity index (χ2v) is 8.28. The molecule has 0 spiro atoms. The molecule has 1 aliphatic rings. The van der Waals surface area contributed by atoms with E-state index < -0.39 is 23.7 Å². The normalized spacial score (nSPS) is 18.0. The lowest BCUT2D eigenvalue weighted by molar-refractivity contribution is -0.187. The van der Waals surface area contributed by atoms with Gasteiger partial charge in [0.15, 0.2) is 5.72 Å². The number of ether oxygens (including phenoxy) is 2. The Morgan fingerprint density at radius 1 is 1.00 bits per heavy atom. The average molecular weight is 474 g/mol. The van der Waals surface area contributed by atoms with Crippen molar-refractivity contribution >= 4 is 41.2 Å². The Balaban J connectivity index is 2.22. The summed E-state index contributed by atoms with van der Waals surface area (Å²) in [6.45, 7) is 3.76. The number of hydroxylamine groups is 2. The van der Waals surface area contributed by atoms with Crippen LogP contribution >= 0.6 is 23.2 Å². The molecule has 0 N–H and O–H groups in total. The molecule has 1 aliphatic heterocycles. The van der Waals surface area contributed by atoms with Crippen LogP contribution in [-0.2, 0) is 19.2 Å². The fourth-order valence-corrected chi connectivity index (χ4v) is 3.18. The first kappa shape index (κ1) is 24.8. The molecular weight excluding hydrogens is 449 g/mol. The summed E-state index contributed by atoms with van der Waals surface area (Å²) in [4.78, 5) is 45.6. The predicted molar refractivity (Wildman–Crippen MR) is 115 cm³/mol. The highest BCUT2D eigenvalue weighted by Gasteiger charge is 2.38. The van der Waals surface area contributed by atoms with E-state index in [4.69, 9.17) is 37.5 Å². The molecule has 0 aliphatic carbocycles. The zero-order chi connectivity index (χ0) is 23.2. The van der Waals surface area contributed by atoms with Gasteiger partial charge in [0, 0.05) is 35.3 Å². The van der Waals surface area contributed by atoms with Crippen molar-refractivity contribution in [2.45, 2.75) is 19.6 Å². The van der Waals surface area contributed by atoms with Crippen LogP contribution in [0.3, 0.4) is 0 Å². The Hall–Kier alpha value is -2.49. The van der Waals surface area contributed by atoms with E-state index in [1.165, 1.54) is 4.90 Å². The first-order valence-electron chi connectivity index (χ1n) is 9.43. The van der Waals surface area contributed by atoms with Crippen LogP contribution in [0.4, 0.5) is 4.79 Å². The monoisotopic (exact) mass is 473 g/mol. The molecular formula is C20H25Cl2N3O6. The van der Waals surface area contributed by atoms with Crippen LogP contribution in [0.2, 0.25) is 10.0 Å². The maximum absolute atomic E-state index is 13.2. The fraction of sp³-hybridized carbons (Fsp3) is 0.450. The molecule has 1 aromatic rings. The molecule has 11 heteroatoms. The molecule has 170 valence electrons. The highest BCUT2D eigenvalue weighted by molar-refractivity contribution is 6.34. The van der Waals surface area contributed by atoms with Gasteiger partial charge in [-0.05, 0) is 46.1 Å². The Morgan fingerprint density at radius 3 is 2.23 bits per heavy atom. The zero-order valence-corrected chi connectivity index (χ0v) is 19.3. The van der Waals surface area contributed by atoms with Crippen LogP contribution in [0, 0.1) is 0 Å². The number of nitrogens with zero attached hydrogens (tertiary/aromatic N) is 3. The second kappa shape index (κ2) is 10.7. The summed E-state index contributed by atoms with van der Waals surface area (Å²) in [6.07, 6.45) is 1.85. The number of urea groups is 1. The first-order chi connectivity index (χ1) is 14.5. The van der Waals surface area contributed by atoms with Gasteiger partial charge >= 0.3 is 18.0 Å². The minimum atomic E-state index is -1.29. The Labute approximate surface area is 191 Å². The number of hydrogen-bond donors (Lipinski definition) is 0. The third-order valence-corrected chi connectivity index (χ3v) is 4.61. The van der Waals surface area contributed by atoms with Crippen molar-refractivity contribution in [3.05, 3.63) is 40.4 Å². The Bertz CT molecular complexity index is 839. The summed E-state index contributed by atoms with van der Waals surface area (Å²) in [6, 6.07) is 4.04. The molecule has 2 rings (SSSR count). The lowest BCUT2D eigenvalue weighted by Crippen LogP contribution is -2.57. The summed E-state index contributed by atoms with van der Waals surface area (Å²) in [7, 11) is 3.69. The second-order valence-electron chi connectivity index (χ2n) is 7.40. The zero-order valence-electron chi connectivity index (χ0n) is 17.8. The largest absolute Gasteiger partial charge is 0.491 e. The van der Waals surface area contributed by atoms with Crippen molar-refractivity contribution < 1.29 is 28.7 Å². The van der Waals surface area contributed by atoms with E-state index in [9.17, 15) is 14.4 Å². The molecule has 0 fully saturated rings. The van der Waals surface area contributed by atoms with Crippen LogP contribution in [0.25, 0.3) is 0 Å². The molecule has 1 aromatic carbocycles. The van der Waals surface area contributed by atoms with E-state index in [0.717, 1.165) is 17.2 Å². The van der Waals surface area contributed by atoms with E-state index >= 15 is 0 Å². The van der Waals surface area contributed by atoms with Gasteiger partial charge in [0.05, 0.1) is 6.54 Å². The van der Waals surface area contributed by atoms with Crippen molar-refractivity contribution in [2.24, 2.45) is 0 Å². The molecule has 0 radical (unpaired) electrons. The molecule has 0 atom stereocenters. The molecule has 0 bridgehead atoms. The smallest absolute Gasteiger partial charge is 0.356 e. The number of cyclic esters (lactones) is 1. The van der Waals surface area contributed by atoms with Crippen molar-refractivity contribution in [1.82, 2.24) is 14.9 Å². The molecule has 1 heterocycles. The molecule has 2 amide bonds. The lowest BCUT2D eigenvalue weighted by Gasteiger charge is -2.40. The summed E-state index contributed by atoms with van der Waals surface area (Å²) in [5, 5.41) is 1.66. The first-order valence-corrected chi connectivity index (χ1v) is 10.2. The highest BCUT2D eigenvalue weighted by atomic mass is 35.5. The van der Waals surface area contributed by atoms with Crippen molar-refractivity contribution in [1.29, 1.82) is 0 Å². The van der Waals surface area contributed by atoms with Gasteiger partial charge in [-0.1, -0.05) is 23.2 Å². The number of rotatable bonds is 7. The Kier molecular flexibility index (Phi) is 8.55. The van der Waals surface area contributed by atoms with Crippen LogP contribution in [0.5, 0.6) is 5.75 Å². The van der Waals surface area contributed by atoms with Crippen LogP contribution in [0.1, 0.15) is 13.8 Å². The minimum Gasteiger partial charge on any atom is -0.491 e. The van der Waals surface area contributed by atoms with E-state index in [2.05, 4.69) is 0 Å². The van der Waals surface area contributed by atoms with Gasteiger partial charge in [-0.25, -0.2) is 14.4 Å².